The zero-order valence-corrected chi connectivity index (χ0v) is 45.3. The van der Waals surface area contributed by atoms with Crippen molar-refractivity contribution in [2.45, 2.75) is 158 Å². The summed E-state index contributed by atoms with van der Waals surface area (Å²) in [7, 11) is -0.257. The van der Waals surface area contributed by atoms with Gasteiger partial charge in [0.2, 0.25) is 47.3 Å². The van der Waals surface area contributed by atoms with Crippen LogP contribution in [-0.4, -0.2) is 199 Å². The van der Waals surface area contributed by atoms with E-state index in [2.05, 4.69) is 74.9 Å². The summed E-state index contributed by atoms with van der Waals surface area (Å²) in [5, 5.41) is 61.1. The van der Waals surface area contributed by atoms with Gasteiger partial charge in [0.1, 0.15) is 47.2 Å². The van der Waals surface area contributed by atoms with Crippen molar-refractivity contribution in [2.24, 2.45) is 17.6 Å². The van der Waals surface area contributed by atoms with Crippen LogP contribution in [0.2, 0.25) is 0 Å². The summed E-state index contributed by atoms with van der Waals surface area (Å²) in [5.41, 5.74) is 6.15. The number of fused-ring (bicyclic) bond motifs is 5. The third kappa shape index (κ3) is 16.4. The molecule has 8 amide bonds. The van der Waals surface area contributed by atoms with Crippen LogP contribution in [-0.2, 0) is 55.6 Å². The van der Waals surface area contributed by atoms with Crippen molar-refractivity contribution in [1.82, 2.24) is 52.0 Å². The van der Waals surface area contributed by atoms with Crippen LogP contribution in [0.5, 0.6) is 5.75 Å². The van der Waals surface area contributed by atoms with Crippen LogP contribution in [0.4, 0.5) is 0 Å². The van der Waals surface area contributed by atoms with E-state index < -0.39 is 176 Å². The molecule has 2 bridgehead atoms. The van der Waals surface area contributed by atoms with Gasteiger partial charge in [-0.1, -0.05) is 40.0 Å². The number of nitrogens with two attached hydrogens (primary N) is 1. The highest BCUT2D eigenvalue weighted by atomic mass is 32.2. The fourth-order valence-corrected chi connectivity index (χ4v) is 10.6. The zero-order chi connectivity index (χ0) is 56.2. The summed E-state index contributed by atoms with van der Waals surface area (Å²) >= 11 is 0. The zero-order valence-electron chi connectivity index (χ0n) is 44.4. The van der Waals surface area contributed by atoms with Gasteiger partial charge in [0, 0.05) is 42.3 Å². The number of aliphatic hydroxyl groups excluding tert-OH is 4. The molecule has 3 aliphatic heterocycles. The number of β-amino-alcohol motifs (C(OH)–C–C–N with tert-alkyl or cyclic N) is 1. The van der Waals surface area contributed by atoms with Crippen molar-refractivity contribution in [2.75, 3.05) is 52.2 Å². The van der Waals surface area contributed by atoms with Crippen molar-refractivity contribution < 1.29 is 67.7 Å². The smallest absolute Gasteiger partial charge is 0.246 e. The second kappa shape index (κ2) is 27.5. The van der Waals surface area contributed by atoms with Crippen LogP contribution in [0.25, 0.3) is 10.9 Å². The second-order valence-electron chi connectivity index (χ2n) is 21.1. The summed E-state index contributed by atoms with van der Waals surface area (Å²) in [4.78, 5) is 119. The van der Waals surface area contributed by atoms with E-state index in [9.17, 15) is 58.8 Å². The fourth-order valence-electron chi connectivity index (χ4n) is 9.22. The normalized spacial score (nSPS) is 27.2. The first-order valence-corrected chi connectivity index (χ1v) is 27.3. The van der Waals surface area contributed by atoms with Gasteiger partial charge in [-0.25, -0.2) is 0 Å². The Balaban J connectivity index is 1.65. The quantitative estimate of drug-likeness (QED) is 0.0783. The molecule has 76 heavy (non-hydrogen) atoms. The fraction of sp³-hybridized carbons (Fsp3) is 0.680. The number of amides is 8. The number of primary amides is 1. The van der Waals surface area contributed by atoms with Gasteiger partial charge in [0.05, 0.1) is 73.0 Å². The molecule has 25 nitrogen and oxygen atoms in total. The third-order valence-corrected chi connectivity index (χ3v) is 15.9. The molecule has 3 aliphatic rings. The number of ether oxygens (including phenoxy) is 1. The second-order valence-corrected chi connectivity index (χ2v) is 22.6. The van der Waals surface area contributed by atoms with Crippen LogP contribution < -0.4 is 47.7 Å². The molecule has 0 radical (unpaired) electrons. The van der Waals surface area contributed by atoms with E-state index in [1.807, 2.05) is 0 Å². The lowest BCUT2D eigenvalue weighted by Gasteiger charge is -2.33. The maximum atomic E-state index is 15.0. The van der Waals surface area contributed by atoms with Crippen LogP contribution in [0.15, 0.2) is 23.2 Å². The highest BCUT2D eigenvalue weighted by molar-refractivity contribution is 7.85. The minimum Gasteiger partial charge on any atom is -0.494 e. The first-order chi connectivity index (χ1) is 35.8. The Morgan fingerprint density at radius 3 is 2.29 bits per heavy atom. The number of rotatable bonds is 15. The number of hydrogen-bond donors (Lipinski definition) is 13. The van der Waals surface area contributed by atoms with Gasteiger partial charge < -0.3 is 77.6 Å². The molecule has 1 fully saturated rings. The molecule has 0 aliphatic carbocycles. The lowest BCUT2D eigenvalue weighted by Crippen LogP contribution is -2.62. The Labute approximate surface area is 444 Å². The number of carbonyl (C=O) groups excluding carboxylic acids is 8. The monoisotopic (exact) mass is 1090 g/mol. The Kier molecular flexibility index (Phi) is 22.1. The maximum absolute atomic E-state index is 15.0. The predicted molar refractivity (Wildman–Crippen MR) is 278 cm³/mol. The highest BCUT2D eigenvalue weighted by Gasteiger charge is 2.45. The number of aromatic amines is 1. The van der Waals surface area contributed by atoms with Gasteiger partial charge in [-0.05, 0) is 70.8 Å². The molecule has 1 aromatic heterocycles. The maximum Gasteiger partial charge on any atom is 0.246 e. The molecule has 14 N–H and O–H groups in total. The molecule has 2 aromatic rings. The van der Waals surface area contributed by atoms with Crippen molar-refractivity contribution in [3.05, 3.63) is 23.8 Å². The lowest BCUT2D eigenvalue weighted by molar-refractivity contribution is -0.144. The Morgan fingerprint density at radius 1 is 0.908 bits per heavy atom. The molecule has 0 spiro atoms. The van der Waals surface area contributed by atoms with Crippen molar-refractivity contribution in [3.8, 4) is 5.75 Å². The van der Waals surface area contributed by atoms with Crippen LogP contribution in [0, 0.1) is 11.8 Å². The Bertz CT molecular complexity index is 2430. The number of hydrogen-bond acceptors (Lipinski definition) is 16. The molecule has 1 aromatic carbocycles. The topological polar surface area (TPSA) is 376 Å². The van der Waals surface area contributed by atoms with Gasteiger partial charge >= 0.3 is 0 Å². The van der Waals surface area contributed by atoms with E-state index in [-0.39, 0.29) is 16.1 Å². The summed E-state index contributed by atoms with van der Waals surface area (Å²) in [5.74, 6) is -10.0. The lowest BCUT2D eigenvalue weighted by atomic mass is 9.93. The van der Waals surface area contributed by atoms with Gasteiger partial charge in [-0.15, -0.1) is 0 Å². The van der Waals surface area contributed by atoms with Crippen LogP contribution >= 0.6 is 0 Å². The largest absolute Gasteiger partial charge is 0.494 e. The SMILES string of the molecule is CC[C@H](C)C1NC(O)CNC(=O)[C@@H]2Cc3c([nH]c4cc(OCCCCCCN(C)C(C)(C)C)ccc34)S(=O)C[C@H](NC(=O)CNC1=O)C(=O)N[C@@H](CC(N)=O)C(=O)N1C[C@H](O)C[C@H]1C(=O)N[C@@H]([C@@H](C)[C@@H](O)CO)C(=O)N2. The molecule has 1 saturated heterocycles. The molecule has 4 heterocycles. The average molecular weight is 1090 g/mol. The van der Waals surface area contributed by atoms with Gasteiger partial charge in [0.15, 0.2) is 0 Å². The number of aliphatic hydroxyl groups is 4. The molecule has 3 unspecified atom stereocenters. The van der Waals surface area contributed by atoms with Gasteiger partial charge in [-0.3, -0.25) is 47.9 Å². The minimum absolute atomic E-state index is 0.0596. The molecule has 5 rings (SSSR count). The van der Waals surface area contributed by atoms with Gasteiger partial charge in [-0.2, -0.15) is 0 Å². The Hall–Kier alpha value is -5.77. The Morgan fingerprint density at radius 2 is 1.62 bits per heavy atom. The standard InChI is InChI=1S/C50H79N11O14S/c1-8-26(2)41-46(71)53-21-39(66)54-35-25-76(74)48-31(30-14-13-29(18-32(30)57-48)75-16-12-10-9-11-15-60(7)50(4,5)6)19-33(43(68)52-22-40(67)58-41)55-47(72)42(27(3)37(64)24-62)59-45(70)36-17-28(63)23-61(36)49(73)34(20-38(51)65)56-44(35)69/h13-14,18,26-28,33-37,40-42,57-58,62-64,67H,8-12,15-17,19-25H2,1-7H3,(H2,51,65)(H,52,68)(H,53,71)(H,54,66)(H,55,72)(H,56,69)(H,59,70)/t26-,27-,28+,33-,34-,35-,36-,37-,40?,41?,42-,76?/m0/s1. The number of unbranched alkanes of at least 4 members (excludes halogenated alkanes) is 3. The van der Waals surface area contributed by atoms with Crippen LogP contribution in [0.3, 0.4) is 0 Å². The molecular formula is C50H79N11O14S. The van der Waals surface area contributed by atoms with E-state index >= 15 is 4.21 Å². The summed E-state index contributed by atoms with van der Waals surface area (Å²) in [6, 6.07) is -4.74. The first-order valence-electron chi connectivity index (χ1n) is 26.0. The molecule has 26 heteroatoms. The van der Waals surface area contributed by atoms with E-state index in [1.54, 1.807) is 32.0 Å². The number of carbonyl (C=O) groups is 8. The molecular weight excluding hydrogens is 1010 g/mol. The number of nitrogens with zero attached hydrogens (tertiary/aromatic N) is 2. The first kappa shape index (κ1) is 61.1. The van der Waals surface area contributed by atoms with Crippen molar-refractivity contribution in [3.63, 3.8) is 0 Å². The van der Waals surface area contributed by atoms with E-state index in [0.29, 0.717) is 29.7 Å². The minimum atomic E-state index is -2.35. The number of benzene rings is 1. The number of H-pyrrole nitrogens is 1. The van der Waals surface area contributed by atoms with E-state index in [4.69, 9.17) is 10.5 Å². The van der Waals surface area contributed by atoms with E-state index in [1.165, 1.54) is 6.92 Å². The van der Waals surface area contributed by atoms with E-state index in [0.717, 1.165) is 37.1 Å². The molecule has 424 valence electrons. The summed E-state index contributed by atoms with van der Waals surface area (Å²) in [6.07, 6.45) is -2.17. The van der Waals surface area contributed by atoms with Crippen molar-refractivity contribution in [1.29, 1.82) is 0 Å². The summed E-state index contributed by atoms with van der Waals surface area (Å²) < 4.78 is 21.1. The van der Waals surface area contributed by atoms with Crippen LogP contribution in [0.1, 0.15) is 92.1 Å². The number of nitrogens with one attached hydrogen (secondary N) is 8. The third-order valence-electron chi connectivity index (χ3n) is 14.4. The summed E-state index contributed by atoms with van der Waals surface area (Å²) in [6.45, 7) is 9.99. The van der Waals surface area contributed by atoms with Crippen molar-refractivity contribution >= 4 is 69.0 Å². The number of aromatic nitrogens is 1. The molecule has 0 saturated carbocycles. The highest BCUT2D eigenvalue weighted by Crippen LogP contribution is 2.31. The average Bonchev–Trinajstić information content (AvgIpc) is 3.94. The predicted octanol–water partition coefficient (Wildman–Crippen LogP) is -3.16. The molecule has 12 atom stereocenters. The van der Waals surface area contributed by atoms with Gasteiger partial charge in [0.25, 0.3) is 0 Å².